The molecule has 1 unspecified atom stereocenters. The van der Waals surface area contributed by atoms with Gasteiger partial charge in [0.25, 0.3) is 0 Å². The highest BCUT2D eigenvalue weighted by Crippen LogP contribution is 2.31. The van der Waals surface area contributed by atoms with Crippen LogP contribution >= 0.6 is 12.2 Å². The van der Waals surface area contributed by atoms with Gasteiger partial charge in [0.05, 0.1) is 17.7 Å². The number of aromatic nitrogens is 3. The van der Waals surface area contributed by atoms with E-state index in [0.717, 1.165) is 5.69 Å². The average Bonchev–Trinajstić information content (AvgIpc) is 3.22. The zero-order valence-corrected chi connectivity index (χ0v) is 21.1. The zero-order valence-electron chi connectivity index (χ0n) is 20.3. The minimum atomic E-state index is -0.736. The number of thiocarbonyl (C=S) groups is 1. The summed E-state index contributed by atoms with van der Waals surface area (Å²) in [6.45, 7) is 0. The summed E-state index contributed by atoms with van der Waals surface area (Å²) in [5, 5.41) is 8.67. The number of carbonyl (C=O) groups excluding carboxylic acids is 2. The van der Waals surface area contributed by atoms with E-state index in [1.54, 1.807) is 60.7 Å². The molecule has 10 nitrogen and oxygen atoms in total. The van der Waals surface area contributed by atoms with Crippen molar-refractivity contribution >= 4 is 46.5 Å². The molecule has 0 aliphatic carbocycles. The third-order valence-electron chi connectivity index (χ3n) is 5.76. The SMILES string of the molecule is CNc1nccc(-c2cccnc2Oc2ccc(NC(=O)CC3C(=O)NC(=S)N3c3ccccc3)cc2)n1. The Balaban J connectivity index is 1.25. The van der Waals surface area contributed by atoms with Crippen molar-refractivity contribution in [1.82, 2.24) is 20.3 Å². The molecule has 1 atom stereocenters. The van der Waals surface area contributed by atoms with Crippen molar-refractivity contribution in [2.75, 3.05) is 22.6 Å². The van der Waals surface area contributed by atoms with E-state index >= 15 is 0 Å². The molecule has 0 bridgehead atoms. The monoisotopic (exact) mass is 525 g/mol. The molecule has 0 saturated carbocycles. The topological polar surface area (TPSA) is 121 Å². The highest BCUT2D eigenvalue weighted by atomic mass is 32.1. The third kappa shape index (κ3) is 5.42. The van der Waals surface area contributed by atoms with Gasteiger partial charge < -0.3 is 25.6 Å². The Morgan fingerprint density at radius 1 is 1.03 bits per heavy atom. The Morgan fingerprint density at radius 3 is 2.58 bits per heavy atom. The van der Waals surface area contributed by atoms with Crippen LogP contribution in [0.4, 0.5) is 17.3 Å². The summed E-state index contributed by atoms with van der Waals surface area (Å²) in [5.74, 6) is 0.770. The van der Waals surface area contributed by atoms with Crippen molar-refractivity contribution in [1.29, 1.82) is 0 Å². The van der Waals surface area contributed by atoms with Crippen molar-refractivity contribution in [2.45, 2.75) is 12.5 Å². The molecule has 4 aromatic rings. The lowest BCUT2D eigenvalue weighted by molar-refractivity contribution is -0.123. The number of para-hydroxylation sites is 1. The Kier molecular flexibility index (Phi) is 7.18. The van der Waals surface area contributed by atoms with Crippen LogP contribution in [0, 0.1) is 0 Å². The van der Waals surface area contributed by atoms with Crippen molar-refractivity contribution < 1.29 is 14.3 Å². The molecule has 2 aromatic heterocycles. The second kappa shape index (κ2) is 11.0. The lowest BCUT2D eigenvalue weighted by Gasteiger charge is -2.23. The second-order valence-corrected chi connectivity index (χ2v) is 8.65. The van der Waals surface area contributed by atoms with E-state index in [0.29, 0.717) is 34.5 Å². The fourth-order valence-corrected chi connectivity index (χ4v) is 4.31. The van der Waals surface area contributed by atoms with Crippen LogP contribution in [0.2, 0.25) is 0 Å². The fourth-order valence-electron chi connectivity index (χ4n) is 3.98. The summed E-state index contributed by atoms with van der Waals surface area (Å²) in [6, 6.07) is 20.8. The molecule has 1 saturated heterocycles. The lowest BCUT2D eigenvalue weighted by Crippen LogP contribution is -2.38. The van der Waals surface area contributed by atoms with E-state index in [1.165, 1.54) is 0 Å². The van der Waals surface area contributed by atoms with Crippen LogP contribution in [0.25, 0.3) is 11.3 Å². The third-order valence-corrected chi connectivity index (χ3v) is 6.05. The molecule has 0 spiro atoms. The molecule has 1 aliphatic heterocycles. The Hall–Kier alpha value is -4.90. The van der Waals surface area contributed by atoms with Crippen LogP contribution in [0.1, 0.15) is 6.42 Å². The van der Waals surface area contributed by atoms with Crippen molar-refractivity contribution in [3.05, 3.63) is 85.2 Å². The summed E-state index contributed by atoms with van der Waals surface area (Å²) in [7, 11) is 1.75. The van der Waals surface area contributed by atoms with Gasteiger partial charge in [-0.05, 0) is 66.8 Å². The first-order valence-corrected chi connectivity index (χ1v) is 12.2. The first-order valence-electron chi connectivity index (χ1n) is 11.7. The Bertz CT molecular complexity index is 1480. The van der Waals surface area contributed by atoms with Gasteiger partial charge in [0.15, 0.2) is 5.11 Å². The smallest absolute Gasteiger partial charge is 0.249 e. The molecule has 5 rings (SSSR count). The standard InChI is InChI=1S/C27H23N7O3S/c1-28-26-30-15-13-21(32-26)20-8-5-14-29-25(20)37-19-11-9-17(10-12-19)31-23(35)16-22-24(36)33-27(38)34(22)18-6-3-2-4-7-18/h2-15,22H,16H2,1H3,(H,31,35)(H,28,30,32)(H,33,36,38). The Morgan fingerprint density at radius 2 is 1.82 bits per heavy atom. The van der Waals surface area contributed by atoms with Crippen molar-refractivity contribution in [3.8, 4) is 22.9 Å². The Labute approximate surface area is 224 Å². The van der Waals surface area contributed by atoms with E-state index in [1.807, 2.05) is 36.4 Å². The zero-order chi connectivity index (χ0) is 26.5. The van der Waals surface area contributed by atoms with Crippen LogP contribution in [0.15, 0.2) is 85.2 Å². The van der Waals surface area contributed by atoms with E-state index in [4.69, 9.17) is 17.0 Å². The van der Waals surface area contributed by atoms with Crippen molar-refractivity contribution in [2.24, 2.45) is 0 Å². The van der Waals surface area contributed by atoms with Gasteiger partial charge >= 0.3 is 0 Å². The van der Waals surface area contributed by atoms with Gasteiger partial charge in [-0.25, -0.2) is 15.0 Å². The summed E-state index contributed by atoms with van der Waals surface area (Å²) >= 11 is 5.31. The number of nitrogens with one attached hydrogen (secondary N) is 3. The minimum absolute atomic E-state index is 0.0655. The largest absolute Gasteiger partial charge is 0.438 e. The average molecular weight is 526 g/mol. The van der Waals surface area contributed by atoms with Gasteiger partial charge in [-0.2, -0.15) is 0 Å². The molecule has 3 heterocycles. The fraction of sp³-hybridized carbons (Fsp3) is 0.111. The molecule has 2 amide bonds. The van der Waals surface area contributed by atoms with Crippen LogP contribution in [0.3, 0.4) is 0 Å². The maximum absolute atomic E-state index is 12.8. The highest BCUT2D eigenvalue weighted by molar-refractivity contribution is 7.80. The number of hydrogen-bond donors (Lipinski definition) is 3. The van der Waals surface area contributed by atoms with Crippen LogP contribution in [-0.4, -0.2) is 45.0 Å². The molecule has 2 aromatic carbocycles. The maximum Gasteiger partial charge on any atom is 0.249 e. The van der Waals surface area contributed by atoms with Gasteiger partial charge in [-0.3, -0.25) is 9.59 Å². The van der Waals surface area contributed by atoms with Gasteiger partial charge in [-0.1, -0.05) is 18.2 Å². The number of ether oxygens (including phenoxy) is 1. The normalized spacial score (nSPS) is 14.7. The number of carbonyl (C=O) groups is 2. The maximum atomic E-state index is 12.8. The molecule has 38 heavy (non-hydrogen) atoms. The number of amides is 2. The van der Waals surface area contributed by atoms with E-state index in [2.05, 4.69) is 30.9 Å². The van der Waals surface area contributed by atoms with Crippen LogP contribution < -0.4 is 25.6 Å². The number of pyridine rings is 1. The predicted octanol–water partition coefficient (Wildman–Crippen LogP) is 3.99. The predicted molar refractivity (Wildman–Crippen MR) is 148 cm³/mol. The lowest BCUT2D eigenvalue weighted by atomic mass is 10.1. The number of hydrogen-bond acceptors (Lipinski definition) is 8. The van der Waals surface area contributed by atoms with E-state index in [9.17, 15) is 9.59 Å². The van der Waals surface area contributed by atoms with Crippen LogP contribution in [0.5, 0.6) is 11.6 Å². The number of rotatable bonds is 8. The highest BCUT2D eigenvalue weighted by Gasteiger charge is 2.38. The van der Waals surface area contributed by atoms with Crippen LogP contribution in [-0.2, 0) is 9.59 Å². The van der Waals surface area contributed by atoms with Gasteiger partial charge in [0.2, 0.25) is 23.6 Å². The summed E-state index contributed by atoms with van der Waals surface area (Å²) in [5.41, 5.74) is 2.68. The molecule has 1 aliphatic rings. The molecule has 0 radical (unpaired) electrons. The first-order chi connectivity index (χ1) is 18.5. The van der Waals surface area contributed by atoms with Gasteiger partial charge in [0.1, 0.15) is 11.8 Å². The summed E-state index contributed by atoms with van der Waals surface area (Å²) in [4.78, 5) is 39.9. The summed E-state index contributed by atoms with van der Waals surface area (Å²) in [6.07, 6.45) is 3.23. The molecule has 1 fully saturated rings. The first kappa shape index (κ1) is 24.8. The molecular weight excluding hydrogens is 502 g/mol. The number of benzene rings is 2. The molecule has 3 N–H and O–H groups in total. The quantitative estimate of drug-likeness (QED) is 0.293. The number of anilines is 3. The second-order valence-electron chi connectivity index (χ2n) is 8.27. The summed E-state index contributed by atoms with van der Waals surface area (Å²) < 4.78 is 6.02. The number of nitrogens with zero attached hydrogens (tertiary/aromatic N) is 4. The van der Waals surface area contributed by atoms with E-state index < -0.39 is 6.04 Å². The molecule has 190 valence electrons. The minimum Gasteiger partial charge on any atom is -0.438 e. The van der Waals surface area contributed by atoms with E-state index in [-0.39, 0.29) is 23.3 Å². The van der Waals surface area contributed by atoms with Gasteiger partial charge in [0, 0.05) is 30.8 Å². The van der Waals surface area contributed by atoms with Crippen molar-refractivity contribution in [3.63, 3.8) is 0 Å². The van der Waals surface area contributed by atoms with Gasteiger partial charge in [-0.15, -0.1) is 0 Å². The molecular formula is C27H23N7O3S. The molecule has 11 heteroatoms.